The molecule has 0 spiro atoms. The van der Waals surface area contributed by atoms with E-state index in [0.29, 0.717) is 5.69 Å². The van der Waals surface area contributed by atoms with E-state index in [4.69, 9.17) is 0 Å². The highest BCUT2D eigenvalue weighted by Gasteiger charge is 2.16. The predicted molar refractivity (Wildman–Crippen MR) is 78.9 cm³/mol. The highest BCUT2D eigenvalue weighted by atomic mass is 32.1. The van der Waals surface area contributed by atoms with Crippen LogP contribution >= 0.6 is 11.3 Å². The van der Waals surface area contributed by atoms with Gasteiger partial charge in [0, 0.05) is 21.9 Å². The molecule has 1 aromatic heterocycles. The van der Waals surface area contributed by atoms with Gasteiger partial charge in [0.05, 0.1) is 4.92 Å². The summed E-state index contributed by atoms with van der Waals surface area (Å²) in [7, 11) is 0. The monoisotopic (exact) mass is 276 g/mol. The molecule has 100 valence electrons. The number of nitrogens with one attached hydrogen (secondary N) is 1. The van der Waals surface area contributed by atoms with Crippen LogP contribution in [0.4, 0.5) is 11.4 Å². The Hall–Kier alpha value is -1.88. The predicted octanol–water partition coefficient (Wildman–Crippen LogP) is 4.45. The number of anilines is 1. The summed E-state index contributed by atoms with van der Waals surface area (Å²) in [6, 6.07) is 8.91. The van der Waals surface area contributed by atoms with Gasteiger partial charge in [0.25, 0.3) is 5.69 Å². The third-order valence-corrected chi connectivity index (χ3v) is 4.00. The lowest BCUT2D eigenvalue weighted by molar-refractivity contribution is -0.384. The maximum absolute atomic E-state index is 11.0. The Morgan fingerprint density at radius 3 is 2.58 bits per heavy atom. The Bertz CT molecular complexity index is 607. The lowest BCUT2D eigenvalue weighted by atomic mass is 10.1. The van der Waals surface area contributed by atoms with Gasteiger partial charge < -0.3 is 5.32 Å². The largest absolute Gasteiger partial charge is 0.373 e. The van der Waals surface area contributed by atoms with E-state index in [9.17, 15) is 10.1 Å². The average Bonchev–Trinajstić information content (AvgIpc) is 2.69. The Kier molecular flexibility index (Phi) is 3.85. The van der Waals surface area contributed by atoms with Gasteiger partial charge in [-0.25, -0.2) is 0 Å². The first-order chi connectivity index (χ1) is 8.99. The van der Waals surface area contributed by atoms with Crippen LogP contribution in [0.2, 0.25) is 0 Å². The number of benzene rings is 1. The average molecular weight is 276 g/mol. The lowest BCUT2D eigenvalue weighted by Gasteiger charge is -2.15. The number of nitro groups is 1. The van der Waals surface area contributed by atoms with Gasteiger partial charge in [0.15, 0.2) is 0 Å². The van der Waals surface area contributed by atoms with Gasteiger partial charge in [0.2, 0.25) is 0 Å². The molecule has 4 nitrogen and oxygen atoms in total. The molecule has 0 aliphatic heterocycles. The molecular weight excluding hydrogens is 260 g/mol. The van der Waals surface area contributed by atoms with Gasteiger partial charge in [-0.05, 0) is 38.5 Å². The molecule has 0 saturated heterocycles. The van der Waals surface area contributed by atoms with Crippen molar-refractivity contribution in [2.45, 2.75) is 26.8 Å². The second-order valence-corrected chi connectivity index (χ2v) is 5.97. The molecule has 1 heterocycles. The van der Waals surface area contributed by atoms with Gasteiger partial charge in [-0.15, -0.1) is 11.3 Å². The van der Waals surface area contributed by atoms with Gasteiger partial charge in [-0.1, -0.05) is 12.1 Å². The molecule has 2 aromatic rings. The molecule has 0 aliphatic carbocycles. The van der Waals surface area contributed by atoms with E-state index >= 15 is 0 Å². The standard InChI is InChI=1S/C14H16N2O2S/c1-9-8-12(11(3)19-9)10(2)15-13-6-4-5-7-14(13)16(17)18/h4-8,10,15H,1-3H3. The molecule has 0 radical (unpaired) electrons. The van der Waals surface area contributed by atoms with Crippen LogP contribution in [-0.2, 0) is 0 Å². The topological polar surface area (TPSA) is 55.2 Å². The van der Waals surface area contributed by atoms with E-state index in [1.54, 1.807) is 29.5 Å². The third kappa shape index (κ3) is 2.93. The quantitative estimate of drug-likeness (QED) is 0.663. The molecule has 0 aliphatic rings. The van der Waals surface area contributed by atoms with E-state index in [2.05, 4.69) is 25.2 Å². The summed E-state index contributed by atoms with van der Waals surface area (Å²) in [6.07, 6.45) is 0. The molecule has 1 aromatic carbocycles. The van der Waals surface area contributed by atoms with Crippen LogP contribution < -0.4 is 5.32 Å². The zero-order valence-electron chi connectivity index (χ0n) is 11.1. The summed E-state index contributed by atoms with van der Waals surface area (Å²) >= 11 is 1.74. The van der Waals surface area contributed by atoms with Gasteiger partial charge in [-0.3, -0.25) is 10.1 Å². The number of rotatable bonds is 4. The first kappa shape index (κ1) is 13.5. The number of aryl methyl sites for hydroxylation is 2. The van der Waals surface area contributed by atoms with Crippen LogP contribution in [0.3, 0.4) is 0 Å². The Labute approximate surface area is 116 Å². The molecule has 2 rings (SSSR count). The normalized spacial score (nSPS) is 12.2. The Morgan fingerprint density at radius 1 is 1.32 bits per heavy atom. The molecule has 0 bridgehead atoms. The van der Waals surface area contributed by atoms with Gasteiger partial charge in [-0.2, -0.15) is 0 Å². The summed E-state index contributed by atoms with van der Waals surface area (Å²) in [5.41, 5.74) is 1.86. The number of thiophene rings is 1. The molecular formula is C14H16N2O2S. The van der Waals surface area contributed by atoms with Crippen LogP contribution in [0.5, 0.6) is 0 Å². The van der Waals surface area contributed by atoms with Crippen molar-refractivity contribution in [1.29, 1.82) is 0 Å². The van der Waals surface area contributed by atoms with Crippen LogP contribution in [-0.4, -0.2) is 4.92 Å². The van der Waals surface area contributed by atoms with Gasteiger partial charge >= 0.3 is 0 Å². The maximum Gasteiger partial charge on any atom is 0.292 e. The first-order valence-corrected chi connectivity index (χ1v) is 6.87. The second kappa shape index (κ2) is 5.40. The SMILES string of the molecule is Cc1cc(C(C)Nc2ccccc2[N+](=O)[O-])c(C)s1. The van der Waals surface area contributed by atoms with Crippen LogP contribution in [0, 0.1) is 24.0 Å². The van der Waals surface area contributed by atoms with E-state index in [1.165, 1.54) is 21.4 Å². The summed E-state index contributed by atoms with van der Waals surface area (Å²) in [5.74, 6) is 0. The van der Waals surface area contributed by atoms with Crippen molar-refractivity contribution in [2.24, 2.45) is 0 Å². The summed E-state index contributed by atoms with van der Waals surface area (Å²) < 4.78 is 0. The molecule has 0 amide bonds. The molecule has 1 N–H and O–H groups in total. The van der Waals surface area contributed by atoms with Gasteiger partial charge in [0.1, 0.15) is 5.69 Å². The zero-order chi connectivity index (χ0) is 14.0. The minimum absolute atomic E-state index is 0.0473. The number of hydrogen-bond donors (Lipinski definition) is 1. The fourth-order valence-corrected chi connectivity index (χ4v) is 3.17. The van der Waals surface area contributed by atoms with Crippen molar-refractivity contribution in [3.8, 4) is 0 Å². The van der Waals surface area contributed by atoms with Crippen molar-refractivity contribution >= 4 is 22.7 Å². The second-order valence-electron chi connectivity index (χ2n) is 4.51. The summed E-state index contributed by atoms with van der Waals surface area (Å²) in [6.45, 7) is 6.16. The Morgan fingerprint density at radius 2 is 2.00 bits per heavy atom. The number of nitro benzene ring substituents is 1. The van der Waals surface area contributed by atoms with Crippen molar-refractivity contribution in [3.05, 3.63) is 55.8 Å². The minimum atomic E-state index is -0.360. The summed E-state index contributed by atoms with van der Waals surface area (Å²) in [5, 5.41) is 14.2. The zero-order valence-corrected chi connectivity index (χ0v) is 12.0. The lowest BCUT2D eigenvalue weighted by Crippen LogP contribution is -2.08. The Balaban J connectivity index is 2.26. The maximum atomic E-state index is 11.0. The fourth-order valence-electron chi connectivity index (χ4n) is 2.15. The highest BCUT2D eigenvalue weighted by Crippen LogP contribution is 2.31. The van der Waals surface area contributed by atoms with Crippen molar-refractivity contribution in [3.63, 3.8) is 0 Å². The van der Waals surface area contributed by atoms with Crippen LogP contribution in [0.25, 0.3) is 0 Å². The number of hydrogen-bond acceptors (Lipinski definition) is 4. The van der Waals surface area contributed by atoms with Crippen molar-refractivity contribution in [1.82, 2.24) is 0 Å². The molecule has 5 heteroatoms. The fraction of sp³-hybridized carbons (Fsp3) is 0.286. The van der Waals surface area contributed by atoms with Crippen molar-refractivity contribution in [2.75, 3.05) is 5.32 Å². The molecule has 0 fully saturated rings. The molecule has 1 atom stereocenters. The van der Waals surface area contributed by atoms with Crippen molar-refractivity contribution < 1.29 is 4.92 Å². The molecule has 1 unspecified atom stereocenters. The number of nitrogens with zero attached hydrogens (tertiary/aromatic N) is 1. The molecule has 19 heavy (non-hydrogen) atoms. The summed E-state index contributed by atoms with van der Waals surface area (Å²) in [4.78, 5) is 13.1. The van der Waals surface area contributed by atoms with Crippen LogP contribution in [0.1, 0.15) is 28.3 Å². The van der Waals surface area contributed by atoms with E-state index in [1.807, 2.05) is 6.92 Å². The smallest absolute Gasteiger partial charge is 0.292 e. The number of para-hydroxylation sites is 2. The first-order valence-electron chi connectivity index (χ1n) is 6.06. The minimum Gasteiger partial charge on any atom is -0.373 e. The third-order valence-electron chi connectivity index (χ3n) is 3.02. The molecule has 0 saturated carbocycles. The van der Waals surface area contributed by atoms with E-state index in [-0.39, 0.29) is 16.7 Å². The highest BCUT2D eigenvalue weighted by molar-refractivity contribution is 7.12. The van der Waals surface area contributed by atoms with Crippen LogP contribution in [0.15, 0.2) is 30.3 Å². The van der Waals surface area contributed by atoms with E-state index < -0.39 is 0 Å². The van der Waals surface area contributed by atoms with E-state index in [0.717, 1.165) is 0 Å².